The summed E-state index contributed by atoms with van der Waals surface area (Å²) in [6.45, 7) is 5.02. The summed E-state index contributed by atoms with van der Waals surface area (Å²) in [5.74, 6) is -1.58. The van der Waals surface area contributed by atoms with E-state index in [1.807, 2.05) is 0 Å². The van der Waals surface area contributed by atoms with Crippen LogP contribution in [-0.4, -0.2) is 24.0 Å². The van der Waals surface area contributed by atoms with E-state index in [4.69, 9.17) is 20.8 Å². The molecule has 7 heteroatoms. The fourth-order valence-corrected chi connectivity index (χ4v) is 2.08. The number of ether oxygens (including phenoxy) is 1. The van der Waals surface area contributed by atoms with Crippen molar-refractivity contribution in [2.75, 3.05) is 0 Å². The van der Waals surface area contributed by atoms with E-state index in [1.54, 1.807) is 19.9 Å². The average molecular weight is 338 g/mol. The van der Waals surface area contributed by atoms with Crippen LogP contribution < -0.4 is 10.7 Å². The van der Waals surface area contributed by atoms with Crippen LogP contribution in [0.1, 0.15) is 31.3 Å². The van der Waals surface area contributed by atoms with Gasteiger partial charge in [-0.25, -0.2) is 4.79 Å². The van der Waals surface area contributed by atoms with E-state index in [0.717, 1.165) is 6.07 Å². The maximum atomic E-state index is 12.0. The lowest BCUT2D eigenvalue weighted by molar-refractivity contribution is -0.129. The number of hydrogen-bond acceptors (Lipinski definition) is 5. The van der Waals surface area contributed by atoms with Gasteiger partial charge in [-0.05, 0) is 39.0 Å². The Morgan fingerprint density at radius 1 is 1.22 bits per heavy atom. The first-order valence-electron chi connectivity index (χ1n) is 7.02. The molecule has 0 aliphatic carbocycles. The molecule has 0 spiro atoms. The Morgan fingerprint density at radius 2 is 1.91 bits per heavy atom. The summed E-state index contributed by atoms with van der Waals surface area (Å²) in [7, 11) is 0. The first kappa shape index (κ1) is 17.0. The van der Waals surface area contributed by atoms with Gasteiger partial charge in [0.05, 0.1) is 5.39 Å². The third-order valence-electron chi connectivity index (χ3n) is 2.97. The zero-order valence-electron chi connectivity index (χ0n) is 12.9. The van der Waals surface area contributed by atoms with Crippen molar-refractivity contribution in [1.82, 2.24) is 5.32 Å². The maximum absolute atomic E-state index is 12.0. The van der Waals surface area contributed by atoms with Crippen LogP contribution in [-0.2, 0) is 9.53 Å². The van der Waals surface area contributed by atoms with Crippen molar-refractivity contribution >= 4 is 34.4 Å². The molecule has 1 amide bonds. The number of hydrogen-bond donors (Lipinski definition) is 1. The molecule has 1 aromatic heterocycles. The molecule has 0 unspecified atom stereocenters. The molecule has 2 rings (SSSR count). The summed E-state index contributed by atoms with van der Waals surface area (Å²) in [5.41, 5.74) is -0.201. The smallest absolute Gasteiger partial charge is 0.375 e. The number of amides is 1. The van der Waals surface area contributed by atoms with Crippen molar-refractivity contribution in [3.63, 3.8) is 0 Å². The van der Waals surface area contributed by atoms with Crippen LogP contribution in [0, 0.1) is 0 Å². The molecular weight excluding hydrogens is 322 g/mol. The van der Waals surface area contributed by atoms with Gasteiger partial charge in [0.15, 0.2) is 11.5 Å². The first-order valence-corrected chi connectivity index (χ1v) is 7.40. The van der Waals surface area contributed by atoms with Crippen molar-refractivity contribution in [3.8, 4) is 0 Å². The molecule has 6 nitrogen and oxygen atoms in total. The van der Waals surface area contributed by atoms with Crippen LogP contribution in [0.15, 0.2) is 33.5 Å². The zero-order chi connectivity index (χ0) is 17.1. The van der Waals surface area contributed by atoms with E-state index in [-0.39, 0.29) is 22.8 Å². The fraction of sp³-hybridized carbons (Fsp3) is 0.312. The van der Waals surface area contributed by atoms with Gasteiger partial charge in [0, 0.05) is 17.1 Å². The summed E-state index contributed by atoms with van der Waals surface area (Å²) >= 11 is 5.82. The highest BCUT2D eigenvalue weighted by molar-refractivity contribution is 6.31. The molecule has 0 bridgehead atoms. The van der Waals surface area contributed by atoms with E-state index in [9.17, 15) is 14.4 Å². The van der Waals surface area contributed by atoms with Gasteiger partial charge in [-0.1, -0.05) is 11.6 Å². The lowest BCUT2D eigenvalue weighted by Gasteiger charge is -2.15. The number of benzene rings is 1. The number of carbonyl (C=O) groups is 2. The minimum Gasteiger partial charge on any atom is -0.449 e. The predicted molar refractivity (Wildman–Crippen MR) is 85.7 cm³/mol. The Balaban J connectivity index is 2.23. The van der Waals surface area contributed by atoms with Gasteiger partial charge in [0.2, 0.25) is 5.76 Å². The number of esters is 1. The molecule has 1 aromatic carbocycles. The number of carbonyl (C=O) groups excluding carboxylic acids is 2. The average Bonchev–Trinajstić information content (AvgIpc) is 2.46. The molecule has 0 saturated heterocycles. The minimum atomic E-state index is -1.00. The number of rotatable bonds is 4. The van der Waals surface area contributed by atoms with E-state index >= 15 is 0 Å². The monoisotopic (exact) mass is 337 g/mol. The molecule has 23 heavy (non-hydrogen) atoms. The highest BCUT2D eigenvalue weighted by Crippen LogP contribution is 2.18. The lowest BCUT2D eigenvalue weighted by atomic mass is 10.2. The number of halogens is 1. The van der Waals surface area contributed by atoms with Gasteiger partial charge in [0.1, 0.15) is 5.58 Å². The lowest BCUT2D eigenvalue weighted by Crippen LogP contribution is -2.39. The summed E-state index contributed by atoms with van der Waals surface area (Å²) in [6.07, 6.45) is -1.00. The van der Waals surface area contributed by atoms with Crippen molar-refractivity contribution in [2.45, 2.75) is 32.9 Å². The fourth-order valence-electron chi connectivity index (χ4n) is 1.90. The normalized spacial score (nSPS) is 12.2. The van der Waals surface area contributed by atoms with Gasteiger partial charge in [-0.2, -0.15) is 0 Å². The summed E-state index contributed by atoms with van der Waals surface area (Å²) in [4.78, 5) is 35.8. The van der Waals surface area contributed by atoms with Crippen molar-refractivity contribution in [2.24, 2.45) is 0 Å². The largest absolute Gasteiger partial charge is 0.449 e. The minimum absolute atomic E-state index is 0.0769. The quantitative estimate of drug-likeness (QED) is 0.866. The highest BCUT2D eigenvalue weighted by Gasteiger charge is 2.21. The van der Waals surface area contributed by atoms with E-state index < -0.39 is 23.4 Å². The Bertz CT molecular complexity index is 812. The van der Waals surface area contributed by atoms with E-state index in [2.05, 4.69) is 5.32 Å². The van der Waals surface area contributed by atoms with Crippen LogP contribution in [0.2, 0.25) is 5.02 Å². The molecule has 1 atom stereocenters. The van der Waals surface area contributed by atoms with Crippen LogP contribution in [0.4, 0.5) is 0 Å². The molecule has 0 aliphatic rings. The Hall–Kier alpha value is -2.34. The second kappa shape index (κ2) is 6.83. The van der Waals surface area contributed by atoms with Crippen LogP contribution in [0.3, 0.4) is 0 Å². The van der Waals surface area contributed by atoms with Crippen LogP contribution >= 0.6 is 11.6 Å². The Kier molecular flexibility index (Phi) is 5.05. The molecule has 0 radical (unpaired) electrons. The summed E-state index contributed by atoms with van der Waals surface area (Å²) < 4.78 is 10.4. The maximum Gasteiger partial charge on any atom is 0.375 e. The summed E-state index contributed by atoms with van der Waals surface area (Å²) in [5, 5.41) is 3.28. The van der Waals surface area contributed by atoms with Gasteiger partial charge in [-0.3, -0.25) is 9.59 Å². The molecule has 122 valence electrons. The summed E-state index contributed by atoms with van der Waals surface area (Å²) in [6, 6.07) is 5.43. The molecule has 2 aromatic rings. The van der Waals surface area contributed by atoms with Crippen molar-refractivity contribution < 1.29 is 18.7 Å². The zero-order valence-corrected chi connectivity index (χ0v) is 13.6. The molecule has 1 heterocycles. The topological polar surface area (TPSA) is 85.6 Å². The SMILES string of the molecule is CC(C)NC(=O)[C@H](C)OC(=O)c1cc(=O)c2cc(Cl)ccc2o1. The van der Waals surface area contributed by atoms with Crippen LogP contribution in [0.5, 0.6) is 0 Å². The van der Waals surface area contributed by atoms with Gasteiger partial charge in [0.25, 0.3) is 5.91 Å². The second-order valence-electron chi connectivity index (χ2n) is 5.33. The van der Waals surface area contributed by atoms with E-state index in [0.29, 0.717) is 5.02 Å². The third-order valence-corrected chi connectivity index (χ3v) is 3.21. The first-order chi connectivity index (χ1) is 10.8. The van der Waals surface area contributed by atoms with Crippen LogP contribution in [0.25, 0.3) is 11.0 Å². The molecule has 0 saturated carbocycles. The standard InChI is InChI=1S/C16H16ClNO5/c1-8(2)18-15(20)9(3)22-16(21)14-7-12(19)11-6-10(17)4-5-13(11)23-14/h4-9H,1-3H3,(H,18,20)/t9-/m0/s1. The van der Waals surface area contributed by atoms with Crippen molar-refractivity contribution in [1.29, 1.82) is 0 Å². The number of nitrogens with one attached hydrogen (secondary N) is 1. The number of fused-ring (bicyclic) bond motifs is 1. The van der Waals surface area contributed by atoms with Gasteiger partial charge >= 0.3 is 5.97 Å². The van der Waals surface area contributed by atoms with Gasteiger partial charge in [-0.15, -0.1) is 0 Å². The van der Waals surface area contributed by atoms with Crippen molar-refractivity contribution in [3.05, 3.63) is 45.3 Å². The molecule has 0 fully saturated rings. The van der Waals surface area contributed by atoms with Gasteiger partial charge < -0.3 is 14.5 Å². The second-order valence-corrected chi connectivity index (χ2v) is 5.76. The highest BCUT2D eigenvalue weighted by atomic mass is 35.5. The third kappa shape index (κ3) is 4.10. The Labute approximate surface area is 137 Å². The van der Waals surface area contributed by atoms with E-state index in [1.165, 1.54) is 19.1 Å². The Morgan fingerprint density at radius 3 is 2.57 bits per heavy atom. The molecule has 0 aliphatic heterocycles. The molecule has 1 N–H and O–H groups in total. The molecular formula is C16H16ClNO5. The predicted octanol–water partition coefficient (Wildman–Crippen LogP) is 2.52.